The van der Waals surface area contributed by atoms with Crippen LogP contribution < -0.4 is 0 Å². The van der Waals surface area contributed by atoms with E-state index in [0.29, 0.717) is 0 Å². The number of hydrogen-bond acceptors (Lipinski definition) is 1. The third kappa shape index (κ3) is 1.35. The van der Waals surface area contributed by atoms with Gasteiger partial charge < -0.3 is 0 Å². The Bertz CT molecular complexity index is 570. The highest BCUT2D eigenvalue weighted by atomic mass is 14.7. The standard InChI is InChI=1S/C11H9N/c1-2-6-10(7-3-1)11-8-4-5-9-12-11/h1-9H/i1D,2D,4D,5D,6D,8D. The summed E-state index contributed by atoms with van der Waals surface area (Å²) in [5.74, 6) is 0. The fourth-order valence-electron chi connectivity index (χ4n) is 0.843. The van der Waals surface area contributed by atoms with E-state index in [1.165, 1.54) is 12.1 Å². The number of aromatic nitrogens is 1. The molecule has 58 valence electrons. The quantitative estimate of drug-likeness (QED) is 0.626. The molecule has 0 aliphatic heterocycles. The number of benzene rings is 1. The Morgan fingerprint density at radius 3 is 3.00 bits per heavy atom. The summed E-state index contributed by atoms with van der Waals surface area (Å²) in [6.45, 7) is 0. The van der Waals surface area contributed by atoms with E-state index < -0.39 is 0 Å². The molecule has 1 aromatic carbocycles. The lowest BCUT2D eigenvalue weighted by molar-refractivity contribution is 1.33. The normalized spacial score (nSPS) is 16.7. The molecule has 0 aliphatic carbocycles. The Labute approximate surface area is 80.1 Å². The number of pyridine rings is 1. The van der Waals surface area contributed by atoms with Gasteiger partial charge in [0.05, 0.1) is 13.9 Å². The average molecular weight is 161 g/mol. The zero-order chi connectivity index (χ0) is 13.4. The van der Waals surface area contributed by atoms with E-state index in [-0.39, 0.29) is 47.5 Å². The summed E-state index contributed by atoms with van der Waals surface area (Å²) in [6.07, 6.45) is 1.15. The van der Waals surface area contributed by atoms with Gasteiger partial charge in [0.25, 0.3) is 0 Å². The van der Waals surface area contributed by atoms with Crippen molar-refractivity contribution < 1.29 is 8.22 Å². The summed E-state index contributed by atoms with van der Waals surface area (Å²) in [4.78, 5) is 3.88. The van der Waals surface area contributed by atoms with Crippen LogP contribution in [-0.4, -0.2) is 4.98 Å². The molecule has 1 heteroatoms. The van der Waals surface area contributed by atoms with Gasteiger partial charge in [-0.25, -0.2) is 0 Å². The molecule has 0 aliphatic rings. The predicted octanol–water partition coefficient (Wildman–Crippen LogP) is 2.75. The highest BCUT2D eigenvalue weighted by Crippen LogP contribution is 2.14. The van der Waals surface area contributed by atoms with Gasteiger partial charge in [-0.15, -0.1) is 0 Å². The summed E-state index contributed by atoms with van der Waals surface area (Å²) in [5.41, 5.74) is 0.323. The maximum Gasteiger partial charge on any atom is 0.0701 e. The molecule has 1 nitrogen and oxygen atoms in total. The molecule has 1 heterocycles. The summed E-state index contributed by atoms with van der Waals surface area (Å²) >= 11 is 0. The van der Waals surface area contributed by atoms with E-state index >= 15 is 0 Å². The average Bonchev–Trinajstić information content (AvgIpc) is 2.35. The van der Waals surface area contributed by atoms with Crippen LogP contribution in [0.3, 0.4) is 0 Å². The Hall–Kier alpha value is -1.63. The first-order valence-corrected chi connectivity index (χ1v) is 3.43. The molecule has 0 atom stereocenters. The number of rotatable bonds is 1. The summed E-state index contributed by atoms with van der Waals surface area (Å²) in [7, 11) is 0. The molecule has 0 N–H and O–H groups in total. The van der Waals surface area contributed by atoms with Crippen molar-refractivity contribution >= 4 is 0 Å². The molecule has 0 unspecified atom stereocenters. The van der Waals surface area contributed by atoms with E-state index in [9.17, 15) is 0 Å². The van der Waals surface area contributed by atoms with E-state index in [0.717, 1.165) is 6.20 Å². The number of nitrogens with zero attached hydrogens (tertiary/aromatic N) is 1. The smallest absolute Gasteiger partial charge is 0.0701 e. The molecule has 1 aromatic heterocycles. The lowest BCUT2D eigenvalue weighted by atomic mass is 10.1. The van der Waals surface area contributed by atoms with Crippen LogP contribution in [0.4, 0.5) is 0 Å². The maximum absolute atomic E-state index is 7.76. The first-order chi connectivity index (χ1) is 8.43. The van der Waals surface area contributed by atoms with Crippen molar-refractivity contribution in [3.63, 3.8) is 0 Å². The second-order valence-electron chi connectivity index (χ2n) is 2.14. The van der Waals surface area contributed by atoms with Gasteiger partial charge in [0.2, 0.25) is 0 Å². The fourth-order valence-corrected chi connectivity index (χ4v) is 0.843. The Balaban J connectivity index is 2.71. The van der Waals surface area contributed by atoms with Crippen molar-refractivity contribution in [1.29, 1.82) is 0 Å². The lowest BCUT2D eigenvalue weighted by Crippen LogP contribution is -1.79. The van der Waals surface area contributed by atoms with Gasteiger partial charge >= 0.3 is 0 Å². The van der Waals surface area contributed by atoms with Gasteiger partial charge in [-0.2, -0.15) is 0 Å². The Kier molecular flexibility index (Phi) is 0.799. The maximum atomic E-state index is 7.76. The van der Waals surface area contributed by atoms with Crippen molar-refractivity contribution in [3.05, 3.63) is 54.6 Å². The van der Waals surface area contributed by atoms with E-state index in [1.807, 2.05) is 0 Å². The molecule has 0 radical (unpaired) electrons. The molecule has 2 aromatic rings. The molecule has 0 saturated heterocycles. The van der Waals surface area contributed by atoms with Crippen LogP contribution in [0.2, 0.25) is 0 Å². The van der Waals surface area contributed by atoms with Gasteiger partial charge in [0, 0.05) is 11.8 Å². The molecule has 0 amide bonds. The van der Waals surface area contributed by atoms with Crippen molar-refractivity contribution in [2.75, 3.05) is 0 Å². The van der Waals surface area contributed by atoms with Crippen LogP contribution in [0.1, 0.15) is 8.22 Å². The summed E-state index contributed by atoms with van der Waals surface area (Å²) in [5, 5.41) is 0. The number of hydrogen-bond donors (Lipinski definition) is 0. The first-order valence-electron chi connectivity index (χ1n) is 6.43. The third-order valence-corrected chi connectivity index (χ3v) is 1.37. The SMILES string of the molecule is [2H]c1ccc(-c2ncc([2H])c([2H])c2[2H])c([2H])c1[2H]. The second-order valence-corrected chi connectivity index (χ2v) is 2.14. The minimum atomic E-state index is -0.263. The second kappa shape index (κ2) is 3.18. The molecular weight excluding hydrogens is 146 g/mol. The molecule has 12 heavy (non-hydrogen) atoms. The van der Waals surface area contributed by atoms with Gasteiger partial charge in [0.15, 0.2) is 0 Å². The highest BCUT2D eigenvalue weighted by molar-refractivity contribution is 5.58. The topological polar surface area (TPSA) is 12.9 Å². The monoisotopic (exact) mass is 161 g/mol. The van der Waals surface area contributed by atoms with Crippen LogP contribution in [0.25, 0.3) is 11.3 Å². The lowest BCUT2D eigenvalue weighted by Gasteiger charge is -1.97. The minimum absolute atomic E-state index is 0.0708. The molecular formula is C11H9N. The first kappa shape index (κ1) is 3.02. The zero-order valence-electron chi connectivity index (χ0n) is 12.2. The van der Waals surface area contributed by atoms with Crippen LogP contribution in [-0.2, 0) is 0 Å². The molecule has 0 spiro atoms. The van der Waals surface area contributed by atoms with Gasteiger partial charge in [0.1, 0.15) is 0 Å². The van der Waals surface area contributed by atoms with Crippen LogP contribution in [0.15, 0.2) is 54.6 Å². The van der Waals surface area contributed by atoms with E-state index in [1.54, 1.807) is 0 Å². The van der Waals surface area contributed by atoms with Crippen molar-refractivity contribution in [2.45, 2.75) is 0 Å². The molecule has 0 saturated carbocycles. The Morgan fingerprint density at radius 2 is 2.00 bits per heavy atom. The largest absolute Gasteiger partial charge is 0.256 e. The van der Waals surface area contributed by atoms with E-state index in [2.05, 4.69) is 4.98 Å². The third-order valence-electron chi connectivity index (χ3n) is 1.37. The van der Waals surface area contributed by atoms with Crippen molar-refractivity contribution in [1.82, 2.24) is 4.98 Å². The van der Waals surface area contributed by atoms with Crippen LogP contribution >= 0.6 is 0 Å². The minimum Gasteiger partial charge on any atom is -0.256 e. The highest BCUT2D eigenvalue weighted by Gasteiger charge is 1.93. The van der Waals surface area contributed by atoms with Gasteiger partial charge in [-0.05, 0) is 12.1 Å². The van der Waals surface area contributed by atoms with Crippen molar-refractivity contribution in [3.8, 4) is 11.3 Å². The van der Waals surface area contributed by atoms with Gasteiger partial charge in [-0.3, -0.25) is 4.98 Å². The Morgan fingerprint density at radius 1 is 1.08 bits per heavy atom. The van der Waals surface area contributed by atoms with Crippen molar-refractivity contribution in [2.24, 2.45) is 0 Å². The fraction of sp³-hybridized carbons (Fsp3) is 0. The molecule has 0 bridgehead atoms. The predicted molar refractivity (Wildman–Crippen MR) is 49.7 cm³/mol. The summed E-state index contributed by atoms with van der Waals surface area (Å²) < 4.78 is 45.4. The zero-order valence-corrected chi connectivity index (χ0v) is 6.18. The molecule has 0 fully saturated rings. The van der Waals surface area contributed by atoms with Gasteiger partial charge in [-0.1, -0.05) is 36.3 Å². The van der Waals surface area contributed by atoms with Crippen LogP contribution in [0.5, 0.6) is 0 Å². The van der Waals surface area contributed by atoms with Crippen LogP contribution in [0, 0.1) is 0 Å². The molecule has 2 rings (SSSR count). The summed E-state index contributed by atoms with van der Waals surface area (Å²) in [6, 6.07) is 1.63. The van der Waals surface area contributed by atoms with E-state index in [4.69, 9.17) is 8.22 Å².